The largest absolute Gasteiger partial charge is 0.338 e. The maximum absolute atomic E-state index is 12.3. The number of amides is 3. The van der Waals surface area contributed by atoms with Crippen molar-refractivity contribution in [1.82, 2.24) is 15.1 Å². The number of hydrogen-bond donors (Lipinski definition) is 1. The van der Waals surface area contributed by atoms with Gasteiger partial charge in [0.2, 0.25) is 5.91 Å². The summed E-state index contributed by atoms with van der Waals surface area (Å²) in [5.74, 6) is 0.504. The molecule has 0 spiro atoms. The molecule has 0 atom stereocenters. The van der Waals surface area contributed by atoms with Gasteiger partial charge >= 0.3 is 6.03 Å². The quantitative estimate of drug-likeness (QED) is 0.864. The fourth-order valence-electron chi connectivity index (χ4n) is 2.66. The van der Waals surface area contributed by atoms with Crippen LogP contribution >= 0.6 is 0 Å². The molecule has 5 nitrogen and oxygen atoms in total. The van der Waals surface area contributed by atoms with Crippen LogP contribution in [0, 0.1) is 0 Å². The SMILES string of the molecule is CCNC(=O)N1CCN(C(=O)/C=C/c2ccc(C(C)C)cc2)CC1. The van der Waals surface area contributed by atoms with Crippen molar-refractivity contribution in [2.24, 2.45) is 0 Å². The van der Waals surface area contributed by atoms with Crippen LogP contribution < -0.4 is 5.32 Å². The van der Waals surface area contributed by atoms with Gasteiger partial charge in [0.05, 0.1) is 0 Å². The maximum atomic E-state index is 12.3. The first-order chi connectivity index (χ1) is 11.5. The van der Waals surface area contributed by atoms with Crippen LogP contribution in [0.5, 0.6) is 0 Å². The molecule has 0 bridgehead atoms. The van der Waals surface area contributed by atoms with Gasteiger partial charge in [-0.25, -0.2) is 4.79 Å². The molecule has 0 unspecified atom stereocenters. The Morgan fingerprint density at radius 1 is 1.08 bits per heavy atom. The molecule has 1 saturated heterocycles. The Balaban J connectivity index is 1.86. The lowest BCUT2D eigenvalue weighted by Gasteiger charge is -2.34. The lowest BCUT2D eigenvalue weighted by molar-refractivity contribution is -0.127. The van der Waals surface area contributed by atoms with Gasteiger partial charge in [0.15, 0.2) is 0 Å². The minimum atomic E-state index is -0.0506. The first kappa shape index (κ1) is 18.0. The number of nitrogens with one attached hydrogen (secondary N) is 1. The van der Waals surface area contributed by atoms with Crippen molar-refractivity contribution >= 4 is 18.0 Å². The van der Waals surface area contributed by atoms with Crippen molar-refractivity contribution in [3.05, 3.63) is 41.5 Å². The lowest BCUT2D eigenvalue weighted by Crippen LogP contribution is -2.52. The highest BCUT2D eigenvalue weighted by Gasteiger charge is 2.22. The summed E-state index contributed by atoms with van der Waals surface area (Å²) in [4.78, 5) is 27.6. The Hall–Kier alpha value is -2.30. The van der Waals surface area contributed by atoms with Crippen LogP contribution in [0.25, 0.3) is 6.08 Å². The topological polar surface area (TPSA) is 52.7 Å². The molecule has 0 radical (unpaired) electrons. The van der Waals surface area contributed by atoms with Gasteiger partial charge in [-0.3, -0.25) is 4.79 Å². The molecule has 0 aromatic heterocycles. The van der Waals surface area contributed by atoms with E-state index in [4.69, 9.17) is 0 Å². The van der Waals surface area contributed by atoms with Crippen molar-refractivity contribution < 1.29 is 9.59 Å². The molecular formula is C19H27N3O2. The summed E-state index contributed by atoms with van der Waals surface area (Å²) < 4.78 is 0. The van der Waals surface area contributed by atoms with Crippen LogP contribution in [-0.2, 0) is 4.79 Å². The van der Waals surface area contributed by atoms with Crippen LogP contribution in [0.1, 0.15) is 37.8 Å². The fourth-order valence-corrected chi connectivity index (χ4v) is 2.66. The highest BCUT2D eigenvalue weighted by molar-refractivity contribution is 5.92. The molecular weight excluding hydrogens is 302 g/mol. The van der Waals surface area contributed by atoms with E-state index in [0.29, 0.717) is 38.6 Å². The number of rotatable bonds is 4. The molecule has 0 saturated carbocycles. The van der Waals surface area contributed by atoms with Gasteiger partial charge in [0.1, 0.15) is 0 Å². The Kier molecular flexibility index (Phi) is 6.41. The molecule has 1 fully saturated rings. The zero-order valence-corrected chi connectivity index (χ0v) is 14.8. The van der Waals surface area contributed by atoms with Gasteiger partial charge in [-0.2, -0.15) is 0 Å². The molecule has 1 aliphatic heterocycles. The molecule has 1 heterocycles. The second-order valence-corrected chi connectivity index (χ2v) is 6.30. The van der Waals surface area contributed by atoms with E-state index < -0.39 is 0 Å². The van der Waals surface area contributed by atoms with Gasteiger partial charge in [-0.1, -0.05) is 38.1 Å². The van der Waals surface area contributed by atoms with E-state index in [0.717, 1.165) is 5.56 Å². The van der Waals surface area contributed by atoms with E-state index in [1.54, 1.807) is 15.9 Å². The number of hydrogen-bond acceptors (Lipinski definition) is 2. The van der Waals surface area contributed by atoms with Crippen LogP contribution in [0.4, 0.5) is 4.79 Å². The van der Waals surface area contributed by atoms with Gasteiger partial charge in [0.25, 0.3) is 0 Å². The molecule has 5 heteroatoms. The number of urea groups is 1. The summed E-state index contributed by atoms with van der Waals surface area (Å²) in [5, 5.41) is 2.79. The Morgan fingerprint density at radius 3 is 2.21 bits per heavy atom. The fraction of sp³-hybridized carbons (Fsp3) is 0.474. The third kappa shape index (κ3) is 4.85. The third-order valence-electron chi connectivity index (χ3n) is 4.23. The smallest absolute Gasteiger partial charge is 0.317 e. The first-order valence-corrected chi connectivity index (χ1v) is 8.61. The molecule has 1 aliphatic rings. The summed E-state index contributed by atoms with van der Waals surface area (Å²) in [6, 6.07) is 8.21. The number of carbonyl (C=O) groups is 2. The van der Waals surface area contributed by atoms with Gasteiger partial charge in [-0.05, 0) is 30.0 Å². The molecule has 24 heavy (non-hydrogen) atoms. The predicted molar refractivity (Wildman–Crippen MR) is 96.8 cm³/mol. The number of piperazine rings is 1. The summed E-state index contributed by atoms with van der Waals surface area (Å²) in [6.45, 7) is 9.15. The van der Waals surface area contributed by atoms with E-state index >= 15 is 0 Å². The van der Waals surface area contributed by atoms with E-state index in [9.17, 15) is 9.59 Å². The Morgan fingerprint density at radius 2 is 1.67 bits per heavy atom. The summed E-state index contributed by atoms with van der Waals surface area (Å²) in [5.41, 5.74) is 2.31. The van der Waals surface area contributed by atoms with E-state index in [1.807, 2.05) is 25.1 Å². The van der Waals surface area contributed by atoms with Crippen molar-refractivity contribution in [2.45, 2.75) is 26.7 Å². The molecule has 130 valence electrons. The molecule has 3 amide bonds. The maximum Gasteiger partial charge on any atom is 0.317 e. The van der Waals surface area contributed by atoms with Crippen molar-refractivity contribution in [3.8, 4) is 0 Å². The minimum Gasteiger partial charge on any atom is -0.338 e. The Bertz CT molecular complexity index is 585. The number of nitrogens with zero attached hydrogens (tertiary/aromatic N) is 2. The zero-order valence-electron chi connectivity index (χ0n) is 14.8. The molecule has 1 aromatic carbocycles. The summed E-state index contributed by atoms with van der Waals surface area (Å²) in [7, 11) is 0. The van der Waals surface area contributed by atoms with Crippen molar-refractivity contribution in [1.29, 1.82) is 0 Å². The first-order valence-electron chi connectivity index (χ1n) is 8.61. The summed E-state index contributed by atoms with van der Waals surface area (Å²) >= 11 is 0. The predicted octanol–water partition coefficient (Wildman–Crippen LogP) is 2.70. The second-order valence-electron chi connectivity index (χ2n) is 6.30. The standard InChI is InChI=1S/C19H27N3O2/c1-4-20-19(24)22-13-11-21(12-14-22)18(23)10-7-16-5-8-17(9-6-16)15(2)3/h5-10,15H,4,11-14H2,1-3H3,(H,20,24)/b10-7+. The molecule has 1 N–H and O–H groups in total. The van der Waals surface area contributed by atoms with Crippen LogP contribution in [0.15, 0.2) is 30.3 Å². The monoisotopic (exact) mass is 329 g/mol. The lowest BCUT2D eigenvalue weighted by atomic mass is 10.0. The third-order valence-corrected chi connectivity index (χ3v) is 4.23. The number of carbonyl (C=O) groups excluding carboxylic acids is 2. The average Bonchev–Trinajstić information content (AvgIpc) is 2.60. The van der Waals surface area contributed by atoms with Crippen molar-refractivity contribution in [2.75, 3.05) is 32.7 Å². The average molecular weight is 329 g/mol. The number of benzene rings is 1. The molecule has 0 aliphatic carbocycles. The zero-order chi connectivity index (χ0) is 17.5. The molecule has 1 aromatic rings. The van der Waals surface area contributed by atoms with E-state index in [1.165, 1.54) is 5.56 Å². The second kappa shape index (κ2) is 8.52. The summed E-state index contributed by atoms with van der Waals surface area (Å²) in [6.07, 6.45) is 3.47. The Labute approximate surface area is 144 Å². The highest BCUT2D eigenvalue weighted by atomic mass is 16.2. The molecule has 2 rings (SSSR count). The van der Waals surface area contributed by atoms with Gasteiger partial charge in [0, 0.05) is 38.8 Å². The highest BCUT2D eigenvalue weighted by Crippen LogP contribution is 2.15. The minimum absolute atomic E-state index is 0.00140. The van der Waals surface area contributed by atoms with Crippen molar-refractivity contribution in [3.63, 3.8) is 0 Å². The van der Waals surface area contributed by atoms with Gasteiger partial charge < -0.3 is 15.1 Å². The normalized spacial score (nSPS) is 15.2. The van der Waals surface area contributed by atoms with E-state index in [2.05, 4.69) is 31.3 Å². The van der Waals surface area contributed by atoms with Gasteiger partial charge in [-0.15, -0.1) is 0 Å². The van der Waals surface area contributed by atoms with Crippen LogP contribution in [0.2, 0.25) is 0 Å². The van der Waals surface area contributed by atoms with Crippen LogP contribution in [0.3, 0.4) is 0 Å². The van der Waals surface area contributed by atoms with Crippen LogP contribution in [-0.4, -0.2) is 54.5 Å². The van der Waals surface area contributed by atoms with E-state index in [-0.39, 0.29) is 11.9 Å².